The Labute approximate surface area is 171 Å². The lowest BCUT2D eigenvalue weighted by Gasteiger charge is -2.05. The molecule has 0 atom stereocenters. The Morgan fingerprint density at radius 3 is 2.79 bits per heavy atom. The van der Waals surface area contributed by atoms with E-state index >= 15 is 0 Å². The van der Waals surface area contributed by atoms with Crippen LogP contribution in [0.4, 0.5) is 0 Å². The number of furan rings is 1. The molecule has 3 aromatic heterocycles. The van der Waals surface area contributed by atoms with Crippen molar-refractivity contribution in [3.05, 3.63) is 84.5 Å². The molecule has 0 radical (unpaired) electrons. The highest BCUT2D eigenvalue weighted by molar-refractivity contribution is 14.1. The molecule has 0 aliphatic heterocycles. The monoisotopic (exact) mass is 487 g/mol. The fraction of sp³-hybridized carbons (Fsp3) is 0.0500. The van der Waals surface area contributed by atoms with Crippen LogP contribution in [-0.4, -0.2) is 21.3 Å². The minimum atomic E-state index is -0.361. The number of halogens is 1. The van der Waals surface area contributed by atoms with Gasteiger partial charge in [-0.15, -0.1) is 0 Å². The second kappa shape index (κ2) is 7.47. The Morgan fingerprint density at radius 1 is 1.18 bits per heavy atom. The van der Waals surface area contributed by atoms with E-state index in [1.54, 1.807) is 18.3 Å². The van der Waals surface area contributed by atoms with Gasteiger partial charge in [-0.25, -0.2) is 0 Å². The molecule has 0 saturated carbocycles. The molecule has 0 fully saturated rings. The first kappa shape index (κ1) is 18.2. The van der Waals surface area contributed by atoms with E-state index in [1.165, 1.54) is 24.8 Å². The van der Waals surface area contributed by atoms with E-state index in [9.17, 15) is 14.7 Å². The Hall–Kier alpha value is -3.14. The van der Waals surface area contributed by atoms with Crippen LogP contribution in [0.3, 0.4) is 0 Å². The van der Waals surface area contributed by atoms with Crippen LogP contribution in [-0.2, 0) is 6.54 Å². The zero-order valence-corrected chi connectivity index (χ0v) is 16.6. The summed E-state index contributed by atoms with van der Waals surface area (Å²) in [7, 11) is 0. The fourth-order valence-corrected chi connectivity index (χ4v) is 3.41. The van der Waals surface area contributed by atoms with Gasteiger partial charge in [0.05, 0.1) is 24.6 Å². The molecular formula is C20H14IN3O4. The molecule has 0 aliphatic carbocycles. The normalized spacial score (nSPS) is 11.5. The Bertz CT molecular complexity index is 1300. The minimum absolute atomic E-state index is 0.141. The first-order valence-electron chi connectivity index (χ1n) is 8.31. The highest BCUT2D eigenvalue weighted by Crippen LogP contribution is 2.23. The molecule has 8 heteroatoms. The maximum absolute atomic E-state index is 12.3. The lowest BCUT2D eigenvalue weighted by atomic mass is 10.1. The predicted octanol–water partition coefficient (Wildman–Crippen LogP) is 3.41. The van der Waals surface area contributed by atoms with E-state index in [2.05, 4.69) is 37.6 Å². The Kier molecular flexibility index (Phi) is 4.86. The average molecular weight is 487 g/mol. The van der Waals surface area contributed by atoms with Crippen molar-refractivity contribution in [1.82, 2.24) is 9.97 Å². The third-order valence-electron chi connectivity index (χ3n) is 4.29. The van der Waals surface area contributed by atoms with E-state index in [4.69, 9.17) is 4.42 Å². The first-order valence-corrected chi connectivity index (χ1v) is 9.39. The smallest absolute Gasteiger partial charge is 0.258 e. The molecule has 7 nitrogen and oxygen atoms in total. The van der Waals surface area contributed by atoms with Crippen molar-refractivity contribution in [2.75, 3.05) is 0 Å². The molecule has 4 aromatic rings. The van der Waals surface area contributed by atoms with Gasteiger partial charge in [-0.2, -0.15) is 0 Å². The molecule has 0 aliphatic rings. The number of aromatic amines is 2. The van der Waals surface area contributed by atoms with Crippen LogP contribution in [0.2, 0.25) is 0 Å². The van der Waals surface area contributed by atoms with Crippen LogP contribution in [0.15, 0.2) is 68.1 Å². The number of fused-ring (bicyclic) bond motifs is 1. The number of hydrogen-bond acceptors (Lipinski definition) is 5. The third-order valence-corrected chi connectivity index (χ3v) is 4.96. The minimum Gasteiger partial charge on any atom is -0.494 e. The summed E-state index contributed by atoms with van der Waals surface area (Å²) in [5.41, 5.74) is 1.76. The molecule has 0 bridgehead atoms. The summed E-state index contributed by atoms with van der Waals surface area (Å²) in [6, 6.07) is 8.54. The summed E-state index contributed by atoms with van der Waals surface area (Å²) >= 11 is 2.14. The van der Waals surface area contributed by atoms with Crippen LogP contribution in [0.25, 0.3) is 21.9 Å². The van der Waals surface area contributed by atoms with Gasteiger partial charge in [-0.05, 0) is 46.9 Å². The molecule has 4 rings (SSSR count). The SMILES string of the molecule is O=c1cc(CN=Cc2c(O)[nH]c(=O)c3ccc(I)cc23)[nH]cc1-c1ccoc1. The summed E-state index contributed by atoms with van der Waals surface area (Å²) in [5.74, 6) is -0.243. The van der Waals surface area contributed by atoms with E-state index in [1.807, 2.05) is 12.1 Å². The highest BCUT2D eigenvalue weighted by Gasteiger charge is 2.10. The van der Waals surface area contributed by atoms with E-state index in [0.717, 1.165) is 3.57 Å². The van der Waals surface area contributed by atoms with Crippen molar-refractivity contribution in [1.29, 1.82) is 0 Å². The highest BCUT2D eigenvalue weighted by atomic mass is 127. The number of H-pyrrole nitrogens is 2. The quantitative estimate of drug-likeness (QED) is 0.303. The first-order chi connectivity index (χ1) is 13.5. The van der Waals surface area contributed by atoms with Gasteiger partial charge in [0, 0.05) is 49.6 Å². The van der Waals surface area contributed by atoms with Gasteiger partial charge in [-0.3, -0.25) is 19.6 Å². The number of aliphatic imine (C=N–C) groups is 1. The summed E-state index contributed by atoms with van der Waals surface area (Å²) in [4.78, 5) is 34.1. The lowest BCUT2D eigenvalue weighted by Crippen LogP contribution is -2.08. The van der Waals surface area contributed by atoms with Crippen molar-refractivity contribution in [3.63, 3.8) is 0 Å². The second-order valence-corrected chi connectivity index (χ2v) is 7.37. The van der Waals surface area contributed by atoms with Crippen molar-refractivity contribution in [3.8, 4) is 17.0 Å². The summed E-state index contributed by atoms with van der Waals surface area (Å²) < 4.78 is 5.94. The van der Waals surface area contributed by atoms with E-state index < -0.39 is 0 Å². The molecule has 0 saturated heterocycles. The van der Waals surface area contributed by atoms with Crippen LogP contribution in [0.1, 0.15) is 11.3 Å². The van der Waals surface area contributed by atoms with Crippen LogP contribution >= 0.6 is 22.6 Å². The average Bonchev–Trinajstić information content (AvgIpc) is 3.18. The van der Waals surface area contributed by atoms with Crippen LogP contribution < -0.4 is 11.0 Å². The largest absolute Gasteiger partial charge is 0.494 e. The molecule has 3 N–H and O–H groups in total. The number of benzene rings is 1. The summed E-state index contributed by atoms with van der Waals surface area (Å²) in [5, 5.41) is 11.2. The molecule has 0 unspecified atom stereocenters. The van der Waals surface area contributed by atoms with Gasteiger partial charge in [0.15, 0.2) is 5.43 Å². The second-order valence-electron chi connectivity index (χ2n) is 6.12. The fourth-order valence-electron chi connectivity index (χ4n) is 2.92. The maximum atomic E-state index is 12.3. The molecule has 0 spiro atoms. The Balaban J connectivity index is 1.64. The number of hydrogen-bond donors (Lipinski definition) is 3. The summed E-state index contributed by atoms with van der Waals surface area (Å²) in [6.45, 7) is 0.213. The van der Waals surface area contributed by atoms with E-state index in [0.29, 0.717) is 33.2 Å². The van der Waals surface area contributed by atoms with Crippen molar-refractivity contribution in [2.24, 2.45) is 4.99 Å². The molecule has 140 valence electrons. The standard InChI is InChI=1S/C20H14IN3O4/c21-12-1-2-14-15(5-12)17(20(27)24-19(14)26)8-22-7-13-6-18(25)16(9-23-13)11-3-4-28-10-11/h1-6,8-10H,7H2,(H,23,25)(H2,24,26,27). The predicted molar refractivity (Wildman–Crippen MR) is 115 cm³/mol. The molecule has 3 heterocycles. The van der Waals surface area contributed by atoms with Gasteiger partial charge in [-0.1, -0.05) is 0 Å². The van der Waals surface area contributed by atoms with Gasteiger partial charge >= 0.3 is 0 Å². The summed E-state index contributed by atoms with van der Waals surface area (Å²) in [6.07, 6.45) is 6.13. The van der Waals surface area contributed by atoms with Crippen molar-refractivity contribution < 1.29 is 9.52 Å². The topological polar surface area (TPSA) is 111 Å². The number of pyridine rings is 2. The number of aromatic nitrogens is 2. The number of aromatic hydroxyl groups is 1. The zero-order valence-electron chi connectivity index (χ0n) is 14.4. The van der Waals surface area contributed by atoms with Crippen molar-refractivity contribution in [2.45, 2.75) is 6.54 Å². The van der Waals surface area contributed by atoms with Crippen LogP contribution in [0.5, 0.6) is 5.88 Å². The van der Waals surface area contributed by atoms with E-state index in [-0.39, 0.29) is 23.4 Å². The van der Waals surface area contributed by atoms with Crippen molar-refractivity contribution >= 4 is 39.6 Å². The number of rotatable bonds is 4. The Morgan fingerprint density at radius 2 is 2.04 bits per heavy atom. The molecule has 0 amide bonds. The molecular weight excluding hydrogens is 473 g/mol. The number of nitrogens with zero attached hydrogens (tertiary/aromatic N) is 1. The third kappa shape index (κ3) is 3.50. The molecule has 28 heavy (non-hydrogen) atoms. The van der Waals surface area contributed by atoms with Gasteiger partial charge in [0.2, 0.25) is 5.88 Å². The van der Waals surface area contributed by atoms with Gasteiger partial charge < -0.3 is 14.5 Å². The lowest BCUT2D eigenvalue weighted by molar-refractivity contribution is 0.452. The van der Waals surface area contributed by atoms with Gasteiger partial charge in [0.1, 0.15) is 0 Å². The number of nitrogens with one attached hydrogen (secondary N) is 2. The zero-order chi connectivity index (χ0) is 19.7. The molecule has 1 aromatic carbocycles. The maximum Gasteiger partial charge on any atom is 0.258 e. The van der Waals surface area contributed by atoms with Crippen LogP contribution in [0, 0.1) is 3.57 Å². The van der Waals surface area contributed by atoms with Gasteiger partial charge in [0.25, 0.3) is 5.56 Å².